The lowest BCUT2D eigenvalue weighted by molar-refractivity contribution is 0.0653. The molecule has 1 amide bonds. The lowest BCUT2D eigenvalue weighted by Crippen LogP contribution is -2.41. The van der Waals surface area contributed by atoms with Crippen molar-refractivity contribution in [2.75, 3.05) is 19.4 Å². The van der Waals surface area contributed by atoms with Gasteiger partial charge in [-0.1, -0.05) is 32.8 Å². The average molecular weight is 290 g/mol. The second kappa shape index (κ2) is 6.83. The van der Waals surface area contributed by atoms with Crippen molar-refractivity contribution in [2.24, 2.45) is 5.92 Å². The molecule has 0 radical (unpaired) electrons. The Balaban J connectivity index is 2.33. The Kier molecular flexibility index (Phi) is 5.10. The van der Waals surface area contributed by atoms with E-state index in [4.69, 9.17) is 10.5 Å². The summed E-state index contributed by atoms with van der Waals surface area (Å²) in [5.74, 6) is 1.00. The molecule has 4 nitrogen and oxygen atoms in total. The summed E-state index contributed by atoms with van der Waals surface area (Å²) in [6, 6.07) is 5.71. The first-order valence-electron chi connectivity index (χ1n) is 7.78. The number of methoxy groups -OCH3 is 1. The van der Waals surface area contributed by atoms with Gasteiger partial charge in [0.1, 0.15) is 11.3 Å². The molecule has 0 aromatic heterocycles. The van der Waals surface area contributed by atoms with Crippen LogP contribution >= 0.6 is 0 Å². The zero-order chi connectivity index (χ0) is 15.4. The number of nitrogen functional groups attached to an aromatic ring is 1. The Morgan fingerprint density at radius 2 is 2.05 bits per heavy atom. The molecule has 0 bridgehead atoms. The third-order valence-corrected chi connectivity index (χ3v) is 4.08. The zero-order valence-corrected chi connectivity index (χ0v) is 13.3. The molecule has 1 fully saturated rings. The molecular weight excluding hydrogens is 264 g/mol. The number of hydrogen-bond donors (Lipinski definition) is 1. The number of nitrogens with zero attached hydrogens (tertiary/aromatic N) is 1. The fourth-order valence-corrected chi connectivity index (χ4v) is 3.10. The van der Waals surface area contributed by atoms with Crippen LogP contribution in [0.2, 0.25) is 0 Å². The summed E-state index contributed by atoms with van der Waals surface area (Å²) >= 11 is 0. The summed E-state index contributed by atoms with van der Waals surface area (Å²) < 4.78 is 5.34. The molecule has 0 spiro atoms. The van der Waals surface area contributed by atoms with Gasteiger partial charge in [-0.15, -0.1) is 0 Å². The van der Waals surface area contributed by atoms with Gasteiger partial charge in [0.25, 0.3) is 5.91 Å². The number of carbonyl (C=O) groups excluding carboxylic acids is 1. The highest BCUT2D eigenvalue weighted by Crippen LogP contribution is 2.30. The standard InChI is InChI=1S/C17H26N2O2/c1-12(2)11-19(13-7-4-5-8-13)17(20)16-14(18)9-6-10-15(16)21-3/h6,9-10,12-13H,4-5,7-8,11,18H2,1-3H3. The number of ether oxygens (including phenoxy) is 1. The SMILES string of the molecule is COc1cccc(N)c1C(=O)N(CC(C)C)C1CCCC1. The van der Waals surface area contributed by atoms with Gasteiger partial charge in [0.05, 0.1) is 7.11 Å². The molecule has 1 aromatic carbocycles. The molecule has 0 saturated heterocycles. The van der Waals surface area contributed by atoms with E-state index in [-0.39, 0.29) is 5.91 Å². The number of hydrogen-bond acceptors (Lipinski definition) is 3. The van der Waals surface area contributed by atoms with Gasteiger partial charge < -0.3 is 15.4 Å². The Morgan fingerprint density at radius 1 is 1.38 bits per heavy atom. The highest BCUT2D eigenvalue weighted by Gasteiger charge is 2.30. The smallest absolute Gasteiger partial charge is 0.259 e. The first-order valence-corrected chi connectivity index (χ1v) is 7.78. The third-order valence-electron chi connectivity index (χ3n) is 4.08. The van der Waals surface area contributed by atoms with Crippen LogP contribution in [0.1, 0.15) is 49.9 Å². The molecule has 2 N–H and O–H groups in total. The maximum absolute atomic E-state index is 13.0. The summed E-state index contributed by atoms with van der Waals surface area (Å²) in [5, 5.41) is 0. The van der Waals surface area contributed by atoms with Crippen molar-refractivity contribution < 1.29 is 9.53 Å². The number of carbonyl (C=O) groups is 1. The summed E-state index contributed by atoms with van der Waals surface area (Å²) in [7, 11) is 1.58. The van der Waals surface area contributed by atoms with Crippen molar-refractivity contribution in [1.29, 1.82) is 0 Å². The Labute approximate surface area is 127 Å². The summed E-state index contributed by atoms with van der Waals surface area (Å²) in [6.45, 7) is 5.04. The van der Waals surface area contributed by atoms with Crippen LogP contribution in [-0.4, -0.2) is 30.5 Å². The van der Waals surface area contributed by atoms with Crippen LogP contribution in [0.25, 0.3) is 0 Å². The van der Waals surface area contributed by atoms with Crippen LogP contribution in [0.5, 0.6) is 5.75 Å². The van der Waals surface area contributed by atoms with Gasteiger partial charge in [0.15, 0.2) is 0 Å². The summed E-state index contributed by atoms with van der Waals surface area (Å²) in [6.07, 6.45) is 4.59. The van der Waals surface area contributed by atoms with Crippen molar-refractivity contribution in [2.45, 2.75) is 45.6 Å². The predicted octanol–water partition coefficient (Wildman–Crippen LogP) is 3.32. The Bertz CT molecular complexity index is 494. The van der Waals surface area contributed by atoms with E-state index in [0.717, 1.165) is 19.4 Å². The molecule has 0 aliphatic heterocycles. The summed E-state index contributed by atoms with van der Waals surface area (Å²) in [5.41, 5.74) is 7.04. The van der Waals surface area contributed by atoms with E-state index in [1.54, 1.807) is 19.2 Å². The van der Waals surface area contributed by atoms with Crippen LogP contribution in [0.3, 0.4) is 0 Å². The molecule has 1 aliphatic rings. The monoisotopic (exact) mass is 290 g/mol. The van der Waals surface area contributed by atoms with Crippen LogP contribution < -0.4 is 10.5 Å². The Morgan fingerprint density at radius 3 is 2.62 bits per heavy atom. The van der Waals surface area contributed by atoms with Crippen LogP contribution in [0.15, 0.2) is 18.2 Å². The molecule has 0 unspecified atom stereocenters. The van der Waals surface area contributed by atoms with Gasteiger partial charge in [0, 0.05) is 18.3 Å². The van der Waals surface area contributed by atoms with E-state index in [2.05, 4.69) is 13.8 Å². The number of anilines is 1. The van der Waals surface area contributed by atoms with Gasteiger partial charge in [-0.3, -0.25) is 4.79 Å². The van der Waals surface area contributed by atoms with Crippen molar-refractivity contribution >= 4 is 11.6 Å². The van der Waals surface area contributed by atoms with Gasteiger partial charge in [-0.25, -0.2) is 0 Å². The maximum atomic E-state index is 13.0. The van der Waals surface area contributed by atoms with Gasteiger partial charge in [-0.2, -0.15) is 0 Å². The summed E-state index contributed by atoms with van der Waals surface area (Å²) in [4.78, 5) is 15.0. The number of rotatable bonds is 5. The fraction of sp³-hybridized carbons (Fsp3) is 0.588. The van der Waals surface area contributed by atoms with Gasteiger partial charge in [0.2, 0.25) is 0 Å². The molecule has 21 heavy (non-hydrogen) atoms. The van der Waals surface area contributed by atoms with E-state index in [1.807, 2.05) is 11.0 Å². The molecule has 2 rings (SSSR count). The zero-order valence-electron chi connectivity index (χ0n) is 13.3. The van der Waals surface area contributed by atoms with Gasteiger partial charge in [-0.05, 0) is 30.9 Å². The quantitative estimate of drug-likeness (QED) is 0.846. The molecule has 1 aromatic rings. The molecule has 0 atom stereocenters. The topological polar surface area (TPSA) is 55.6 Å². The van der Waals surface area contributed by atoms with Crippen LogP contribution in [-0.2, 0) is 0 Å². The lowest BCUT2D eigenvalue weighted by atomic mass is 10.1. The molecule has 116 valence electrons. The molecule has 1 saturated carbocycles. The van der Waals surface area contributed by atoms with E-state index >= 15 is 0 Å². The second-order valence-corrected chi connectivity index (χ2v) is 6.21. The van der Waals surface area contributed by atoms with Gasteiger partial charge >= 0.3 is 0 Å². The highest BCUT2D eigenvalue weighted by atomic mass is 16.5. The highest BCUT2D eigenvalue weighted by molar-refractivity contribution is 6.02. The van der Waals surface area contributed by atoms with Crippen molar-refractivity contribution in [1.82, 2.24) is 4.90 Å². The first kappa shape index (κ1) is 15.7. The fourth-order valence-electron chi connectivity index (χ4n) is 3.10. The van der Waals surface area contributed by atoms with Crippen LogP contribution in [0, 0.1) is 5.92 Å². The van der Waals surface area contributed by atoms with E-state index in [1.165, 1.54) is 12.8 Å². The third kappa shape index (κ3) is 3.49. The maximum Gasteiger partial charge on any atom is 0.259 e. The number of nitrogens with two attached hydrogens (primary N) is 1. The largest absolute Gasteiger partial charge is 0.496 e. The minimum atomic E-state index is 0.00514. The normalized spacial score (nSPS) is 15.4. The van der Waals surface area contributed by atoms with E-state index in [9.17, 15) is 4.79 Å². The Hall–Kier alpha value is -1.71. The molecule has 4 heteroatoms. The lowest BCUT2D eigenvalue weighted by Gasteiger charge is -2.31. The van der Waals surface area contributed by atoms with Crippen molar-refractivity contribution in [3.63, 3.8) is 0 Å². The van der Waals surface area contributed by atoms with Crippen molar-refractivity contribution in [3.05, 3.63) is 23.8 Å². The predicted molar refractivity (Wildman–Crippen MR) is 85.5 cm³/mol. The average Bonchev–Trinajstić information content (AvgIpc) is 2.97. The molecule has 0 heterocycles. The van der Waals surface area contributed by atoms with E-state index < -0.39 is 0 Å². The molecular formula is C17H26N2O2. The minimum absolute atomic E-state index is 0.00514. The second-order valence-electron chi connectivity index (χ2n) is 6.21. The van der Waals surface area contributed by atoms with Crippen molar-refractivity contribution in [3.8, 4) is 5.75 Å². The van der Waals surface area contributed by atoms with Crippen LogP contribution in [0.4, 0.5) is 5.69 Å². The van der Waals surface area contributed by atoms with E-state index in [0.29, 0.717) is 29.0 Å². The number of amides is 1. The first-order chi connectivity index (χ1) is 10.0. The molecule has 1 aliphatic carbocycles. The minimum Gasteiger partial charge on any atom is -0.496 e. The number of benzene rings is 1.